The Morgan fingerprint density at radius 2 is 1.89 bits per heavy atom. The van der Waals surface area contributed by atoms with E-state index >= 15 is 0 Å². The molecule has 0 fully saturated rings. The molecule has 3 nitrogen and oxygen atoms in total. The van der Waals surface area contributed by atoms with E-state index in [-0.39, 0.29) is 23.2 Å². The van der Waals surface area contributed by atoms with Crippen molar-refractivity contribution in [3.8, 4) is 0 Å². The third-order valence-corrected chi connectivity index (χ3v) is 2.91. The van der Waals surface area contributed by atoms with Crippen molar-refractivity contribution < 1.29 is 9.18 Å². The summed E-state index contributed by atoms with van der Waals surface area (Å²) in [6.07, 6.45) is 0. The van der Waals surface area contributed by atoms with Crippen LogP contribution in [0.15, 0.2) is 48.5 Å². The monoisotopic (exact) mass is 258 g/mol. The molecule has 3 N–H and O–H groups in total. The standard InChI is InChI=1S/C15H15FN2O/c1-10(11-5-3-2-4-6-11)18-15(19)13-9-12(16)7-8-14(13)17/h2-10H,17H2,1H3,(H,18,19)/t10-/m0/s1. The van der Waals surface area contributed by atoms with Gasteiger partial charge >= 0.3 is 0 Å². The molecule has 0 saturated heterocycles. The number of halogens is 1. The molecule has 2 aromatic rings. The Morgan fingerprint density at radius 1 is 1.21 bits per heavy atom. The first-order valence-corrected chi connectivity index (χ1v) is 5.99. The fraction of sp³-hybridized carbons (Fsp3) is 0.133. The number of hydrogen-bond donors (Lipinski definition) is 2. The number of rotatable bonds is 3. The summed E-state index contributed by atoms with van der Waals surface area (Å²) in [7, 11) is 0. The topological polar surface area (TPSA) is 55.1 Å². The average molecular weight is 258 g/mol. The number of hydrogen-bond acceptors (Lipinski definition) is 2. The summed E-state index contributed by atoms with van der Waals surface area (Å²) in [4.78, 5) is 12.0. The predicted molar refractivity (Wildman–Crippen MR) is 73.1 cm³/mol. The normalized spacial score (nSPS) is 11.9. The van der Waals surface area contributed by atoms with Crippen LogP contribution in [0.3, 0.4) is 0 Å². The van der Waals surface area contributed by atoms with Crippen LogP contribution in [-0.2, 0) is 0 Å². The molecule has 0 aliphatic carbocycles. The molecule has 0 aliphatic rings. The largest absolute Gasteiger partial charge is 0.398 e. The van der Waals surface area contributed by atoms with E-state index in [1.807, 2.05) is 37.3 Å². The minimum Gasteiger partial charge on any atom is -0.398 e. The summed E-state index contributed by atoms with van der Waals surface area (Å²) in [5.41, 5.74) is 7.07. The van der Waals surface area contributed by atoms with Crippen LogP contribution in [0, 0.1) is 5.82 Å². The van der Waals surface area contributed by atoms with Crippen LogP contribution in [0.4, 0.5) is 10.1 Å². The van der Waals surface area contributed by atoms with Gasteiger partial charge in [-0.15, -0.1) is 0 Å². The van der Waals surface area contributed by atoms with Crippen molar-refractivity contribution in [2.45, 2.75) is 13.0 Å². The van der Waals surface area contributed by atoms with Gasteiger partial charge in [0.15, 0.2) is 0 Å². The van der Waals surface area contributed by atoms with Crippen LogP contribution in [0.25, 0.3) is 0 Å². The molecule has 0 bridgehead atoms. The summed E-state index contributed by atoms with van der Waals surface area (Å²) in [5.74, 6) is -0.861. The van der Waals surface area contributed by atoms with Crippen LogP contribution in [0.2, 0.25) is 0 Å². The average Bonchev–Trinajstić information content (AvgIpc) is 2.42. The zero-order valence-corrected chi connectivity index (χ0v) is 10.6. The minimum absolute atomic E-state index is 0.155. The van der Waals surface area contributed by atoms with E-state index in [9.17, 15) is 9.18 Å². The molecule has 0 unspecified atom stereocenters. The van der Waals surface area contributed by atoms with Crippen molar-refractivity contribution in [1.82, 2.24) is 5.32 Å². The zero-order valence-electron chi connectivity index (χ0n) is 10.6. The molecule has 2 aromatic carbocycles. The molecule has 0 heterocycles. The van der Waals surface area contributed by atoms with Gasteiger partial charge < -0.3 is 11.1 Å². The summed E-state index contributed by atoms with van der Waals surface area (Å²) in [6, 6.07) is 13.1. The van der Waals surface area contributed by atoms with Crippen LogP contribution < -0.4 is 11.1 Å². The number of anilines is 1. The summed E-state index contributed by atoms with van der Waals surface area (Å²) >= 11 is 0. The van der Waals surface area contributed by atoms with E-state index in [1.54, 1.807) is 0 Å². The van der Waals surface area contributed by atoms with Crippen molar-refractivity contribution in [3.05, 3.63) is 65.5 Å². The molecular weight excluding hydrogens is 243 g/mol. The molecule has 0 radical (unpaired) electrons. The smallest absolute Gasteiger partial charge is 0.253 e. The van der Waals surface area contributed by atoms with E-state index in [2.05, 4.69) is 5.32 Å². The number of nitrogens with one attached hydrogen (secondary N) is 1. The number of carbonyl (C=O) groups excluding carboxylic acids is 1. The van der Waals surface area contributed by atoms with Crippen LogP contribution in [0.5, 0.6) is 0 Å². The highest BCUT2D eigenvalue weighted by atomic mass is 19.1. The lowest BCUT2D eigenvalue weighted by Gasteiger charge is -2.15. The zero-order chi connectivity index (χ0) is 13.8. The van der Waals surface area contributed by atoms with E-state index < -0.39 is 5.82 Å². The molecule has 19 heavy (non-hydrogen) atoms. The maximum atomic E-state index is 13.1. The molecule has 0 aliphatic heterocycles. The van der Waals surface area contributed by atoms with Gasteiger partial charge in [-0.1, -0.05) is 30.3 Å². The fourth-order valence-corrected chi connectivity index (χ4v) is 1.82. The van der Waals surface area contributed by atoms with Crippen molar-refractivity contribution >= 4 is 11.6 Å². The Bertz CT molecular complexity index is 584. The second kappa shape index (κ2) is 5.52. The van der Waals surface area contributed by atoms with Crippen LogP contribution >= 0.6 is 0 Å². The van der Waals surface area contributed by atoms with E-state index in [4.69, 9.17) is 5.73 Å². The second-order valence-electron chi connectivity index (χ2n) is 4.34. The molecule has 2 rings (SSSR count). The molecule has 4 heteroatoms. The third-order valence-electron chi connectivity index (χ3n) is 2.91. The Labute approximate surface area is 111 Å². The van der Waals surface area contributed by atoms with Crippen LogP contribution in [-0.4, -0.2) is 5.91 Å². The van der Waals surface area contributed by atoms with Gasteiger partial charge in [-0.3, -0.25) is 4.79 Å². The Morgan fingerprint density at radius 3 is 2.58 bits per heavy atom. The first-order chi connectivity index (χ1) is 9.08. The molecule has 98 valence electrons. The second-order valence-corrected chi connectivity index (χ2v) is 4.34. The quantitative estimate of drug-likeness (QED) is 0.832. The minimum atomic E-state index is -0.480. The molecule has 0 spiro atoms. The highest BCUT2D eigenvalue weighted by Crippen LogP contribution is 2.16. The van der Waals surface area contributed by atoms with Gasteiger partial charge in [-0.05, 0) is 30.7 Å². The van der Waals surface area contributed by atoms with Gasteiger partial charge in [-0.25, -0.2) is 4.39 Å². The molecule has 1 amide bonds. The Balaban J connectivity index is 2.15. The lowest BCUT2D eigenvalue weighted by Crippen LogP contribution is -2.27. The van der Waals surface area contributed by atoms with Gasteiger partial charge in [0.25, 0.3) is 5.91 Å². The van der Waals surface area contributed by atoms with Gasteiger partial charge in [0, 0.05) is 5.69 Å². The van der Waals surface area contributed by atoms with Crippen molar-refractivity contribution in [1.29, 1.82) is 0 Å². The number of amides is 1. The van der Waals surface area contributed by atoms with Gasteiger partial charge in [0.05, 0.1) is 11.6 Å². The van der Waals surface area contributed by atoms with Gasteiger partial charge in [-0.2, -0.15) is 0 Å². The number of carbonyl (C=O) groups is 1. The van der Waals surface area contributed by atoms with E-state index in [0.717, 1.165) is 11.6 Å². The summed E-state index contributed by atoms with van der Waals surface area (Å²) < 4.78 is 13.1. The van der Waals surface area contributed by atoms with Crippen molar-refractivity contribution in [2.24, 2.45) is 0 Å². The maximum Gasteiger partial charge on any atom is 0.253 e. The highest BCUT2D eigenvalue weighted by molar-refractivity contribution is 5.99. The lowest BCUT2D eigenvalue weighted by atomic mass is 10.1. The molecule has 1 atom stereocenters. The summed E-state index contributed by atoms with van der Waals surface area (Å²) in [5, 5.41) is 2.79. The van der Waals surface area contributed by atoms with Crippen molar-refractivity contribution in [2.75, 3.05) is 5.73 Å². The van der Waals surface area contributed by atoms with Crippen LogP contribution in [0.1, 0.15) is 28.9 Å². The number of nitrogen functional groups attached to an aromatic ring is 1. The first-order valence-electron chi connectivity index (χ1n) is 5.99. The number of benzene rings is 2. The highest BCUT2D eigenvalue weighted by Gasteiger charge is 2.14. The third kappa shape index (κ3) is 3.10. The number of nitrogens with two attached hydrogens (primary N) is 1. The van der Waals surface area contributed by atoms with E-state index in [0.29, 0.717) is 0 Å². The fourth-order valence-electron chi connectivity index (χ4n) is 1.82. The predicted octanol–water partition coefficient (Wildman–Crippen LogP) is 2.90. The SMILES string of the molecule is C[C@H](NC(=O)c1cc(F)ccc1N)c1ccccc1. The molecule has 0 saturated carbocycles. The van der Waals surface area contributed by atoms with Crippen molar-refractivity contribution in [3.63, 3.8) is 0 Å². The Hall–Kier alpha value is -2.36. The Kier molecular flexibility index (Phi) is 3.80. The van der Waals surface area contributed by atoms with E-state index in [1.165, 1.54) is 12.1 Å². The van der Waals surface area contributed by atoms with Gasteiger partial charge in [0.2, 0.25) is 0 Å². The molecular formula is C15H15FN2O. The molecule has 0 aromatic heterocycles. The summed E-state index contributed by atoms with van der Waals surface area (Å²) in [6.45, 7) is 1.86. The van der Waals surface area contributed by atoms with Gasteiger partial charge in [0.1, 0.15) is 5.82 Å². The first kappa shape index (κ1) is 13.1. The maximum absolute atomic E-state index is 13.1. The lowest BCUT2D eigenvalue weighted by molar-refractivity contribution is 0.0940.